The molecule has 2 nitrogen and oxygen atoms in total. The Morgan fingerprint density at radius 1 is 1.37 bits per heavy atom. The molecule has 1 aromatic carbocycles. The van der Waals surface area contributed by atoms with Crippen LogP contribution in [0, 0.1) is 18.6 Å². The largest absolute Gasteiger partial charge is 0.305 e. The highest BCUT2D eigenvalue weighted by molar-refractivity contribution is 7.11. The fourth-order valence-electron chi connectivity index (χ4n) is 1.91. The minimum Gasteiger partial charge on any atom is -0.305 e. The molecule has 19 heavy (non-hydrogen) atoms. The molecule has 0 radical (unpaired) electrons. The molecule has 2 rings (SSSR count). The molecule has 0 fully saturated rings. The van der Waals surface area contributed by atoms with Crippen LogP contribution in [0.3, 0.4) is 0 Å². The summed E-state index contributed by atoms with van der Waals surface area (Å²) in [5.74, 6) is -1.61. The highest BCUT2D eigenvalue weighted by Crippen LogP contribution is 2.29. The molecule has 102 valence electrons. The highest BCUT2D eigenvalue weighted by Gasteiger charge is 2.21. The van der Waals surface area contributed by atoms with Crippen LogP contribution in [-0.4, -0.2) is 11.5 Å². The van der Waals surface area contributed by atoms with Crippen molar-refractivity contribution in [3.63, 3.8) is 0 Å². The van der Waals surface area contributed by atoms with Crippen molar-refractivity contribution in [2.75, 3.05) is 6.54 Å². The van der Waals surface area contributed by atoms with E-state index in [0.29, 0.717) is 5.56 Å². The average molecular weight is 282 g/mol. The lowest BCUT2D eigenvalue weighted by molar-refractivity contribution is 0.481. The van der Waals surface area contributed by atoms with Crippen LogP contribution in [0.15, 0.2) is 24.4 Å². The number of hydrogen-bond acceptors (Lipinski definition) is 3. The Kier molecular flexibility index (Phi) is 4.61. The van der Waals surface area contributed by atoms with Crippen LogP contribution in [0.25, 0.3) is 0 Å². The molecule has 0 amide bonds. The summed E-state index contributed by atoms with van der Waals surface area (Å²) in [7, 11) is 0. The summed E-state index contributed by atoms with van der Waals surface area (Å²) in [6, 6.07) is 3.93. The topological polar surface area (TPSA) is 24.9 Å². The highest BCUT2D eigenvalue weighted by atomic mass is 32.1. The molecule has 0 aliphatic heterocycles. The second-order valence-corrected chi connectivity index (χ2v) is 5.58. The number of aryl methyl sites for hydroxylation is 1. The van der Waals surface area contributed by atoms with Gasteiger partial charge in [0, 0.05) is 16.6 Å². The van der Waals surface area contributed by atoms with Gasteiger partial charge in [-0.3, -0.25) is 0 Å². The van der Waals surface area contributed by atoms with E-state index in [1.54, 1.807) is 12.3 Å². The Balaban J connectivity index is 2.39. The summed E-state index contributed by atoms with van der Waals surface area (Å²) in [5, 5.41) is 4.16. The lowest BCUT2D eigenvalue weighted by atomic mass is 10.0. The van der Waals surface area contributed by atoms with Gasteiger partial charge in [0.05, 0.1) is 11.0 Å². The number of hydrogen-bond donors (Lipinski definition) is 1. The molecule has 1 heterocycles. The molecule has 2 aromatic rings. The van der Waals surface area contributed by atoms with Crippen LogP contribution in [-0.2, 0) is 0 Å². The Bertz CT molecular complexity index is 554. The van der Waals surface area contributed by atoms with Crippen molar-refractivity contribution < 1.29 is 8.78 Å². The van der Waals surface area contributed by atoms with Gasteiger partial charge in [-0.2, -0.15) is 0 Å². The minimum atomic E-state index is -0.818. The van der Waals surface area contributed by atoms with Gasteiger partial charge in [-0.05, 0) is 26.0 Å². The summed E-state index contributed by atoms with van der Waals surface area (Å²) >= 11 is 1.49. The second-order valence-electron chi connectivity index (χ2n) is 4.31. The van der Waals surface area contributed by atoms with E-state index in [1.165, 1.54) is 17.4 Å². The number of halogens is 2. The van der Waals surface area contributed by atoms with Crippen molar-refractivity contribution in [3.8, 4) is 0 Å². The van der Waals surface area contributed by atoms with Crippen LogP contribution in [0.1, 0.15) is 34.8 Å². The predicted octanol–water partition coefficient (Wildman–Crippen LogP) is 3.82. The summed E-state index contributed by atoms with van der Waals surface area (Å²) < 4.78 is 27.3. The number of benzene rings is 1. The molecular weight excluding hydrogens is 266 g/mol. The van der Waals surface area contributed by atoms with Crippen LogP contribution in [0.4, 0.5) is 8.78 Å². The van der Waals surface area contributed by atoms with Crippen molar-refractivity contribution in [2.45, 2.75) is 26.3 Å². The number of thiazole rings is 1. The molecule has 0 aliphatic rings. The van der Waals surface area contributed by atoms with E-state index in [2.05, 4.69) is 10.3 Å². The van der Waals surface area contributed by atoms with Crippen molar-refractivity contribution >= 4 is 11.3 Å². The molecule has 5 heteroatoms. The summed E-state index contributed by atoms with van der Waals surface area (Å²) in [4.78, 5) is 5.08. The fourth-order valence-corrected chi connectivity index (χ4v) is 2.79. The quantitative estimate of drug-likeness (QED) is 0.901. The Morgan fingerprint density at radius 2 is 2.16 bits per heavy atom. The fraction of sp³-hybridized carbons (Fsp3) is 0.357. The molecule has 1 aromatic heterocycles. The summed E-state index contributed by atoms with van der Waals surface area (Å²) in [6.45, 7) is 4.66. The van der Waals surface area contributed by atoms with E-state index in [4.69, 9.17) is 0 Å². The first-order valence-electron chi connectivity index (χ1n) is 6.23. The zero-order valence-corrected chi connectivity index (χ0v) is 11.7. The Labute approximate surface area is 115 Å². The Morgan fingerprint density at radius 3 is 2.79 bits per heavy atom. The zero-order chi connectivity index (χ0) is 13.8. The first-order chi connectivity index (χ1) is 9.13. The van der Waals surface area contributed by atoms with E-state index >= 15 is 0 Å². The van der Waals surface area contributed by atoms with Crippen molar-refractivity contribution in [1.29, 1.82) is 0 Å². The first kappa shape index (κ1) is 14.1. The van der Waals surface area contributed by atoms with Gasteiger partial charge in [-0.25, -0.2) is 13.8 Å². The lowest BCUT2D eigenvalue weighted by Crippen LogP contribution is -2.23. The molecule has 0 spiro atoms. The van der Waals surface area contributed by atoms with E-state index in [-0.39, 0.29) is 6.04 Å². The third-order valence-corrected chi connectivity index (χ3v) is 3.79. The number of aromatic nitrogens is 1. The van der Waals surface area contributed by atoms with Gasteiger partial charge in [-0.1, -0.05) is 19.1 Å². The molecule has 1 N–H and O–H groups in total. The smallest absolute Gasteiger partial charge is 0.163 e. The minimum absolute atomic E-state index is 0.331. The van der Waals surface area contributed by atoms with Crippen LogP contribution in [0.5, 0.6) is 0 Å². The number of nitrogens with one attached hydrogen (secondary N) is 1. The molecule has 0 saturated heterocycles. The van der Waals surface area contributed by atoms with E-state index in [9.17, 15) is 8.78 Å². The van der Waals surface area contributed by atoms with Gasteiger partial charge in [0.15, 0.2) is 11.6 Å². The van der Waals surface area contributed by atoms with E-state index in [0.717, 1.165) is 28.9 Å². The van der Waals surface area contributed by atoms with E-state index < -0.39 is 11.6 Å². The van der Waals surface area contributed by atoms with Crippen LogP contribution >= 0.6 is 11.3 Å². The van der Waals surface area contributed by atoms with Gasteiger partial charge in [-0.15, -0.1) is 11.3 Å². The normalized spacial score (nSPS) is 12.6. The summed E-state index contributed by atoms with van der Waals surface area (Å²) in [6.07, 6.45) is 2.64. The number of nitrogens with zero attached hydrogens (tertiary/aromatic N) is 1. The molecule has 0 saturated carbocycles. The van der Waals surface area contributed by atoms with Gasteiger partial charge < -0.3 is 5.32 Å². The maximum atomic E-state index is 13.9. The SMILES string of the molecule is CCCNC(c1cnc(C)s1)c1cccc(F)c1F. The van der Waals surface area contributed by atoms with Crippen LogP contribution < -0.4 is 5.32 Å². The molecule has 0 bridgehead atoms. The predicted molar refractivity (Wildman–Crippen MR) is 73.3 cm³/mol. The standard InChI is InChI=1S/C14H16F2N2S/c1-3-7-17-14(12-8-18-9(2)19-12)10-5-4-6-11(15)13(10)16/h4-6,8,14,17H,3,7H2,1-2H3. The third-order valence-electron chi connectivity index (χ3n) is 2.81. The van der Waals surface area contributed by atoms with Crippen molar-refractivity contribution in [1.82, 2.24) is 10.3 Å². The van der Waals surface area contributed by atoms with Gasteiger partial charge >= 0.3 is 0 Å². The monoisotopic (exact) mass is 282 g/mol. The zero-order valence-electron chi connectivity index (χ0n) is 10.9. The van der Waals surface area contributed by atoms with Crippen LogP contribution in [0.2, 0.25) is 0 Å². The lowest BCUT2D eigenvalue weighted by Gasteiger charge is -2.18. The maximum Gasteiger partial charge on any atom is 0.163 e. The molecule has 0 aliphatic carbocycles. The van der Waals surface area contributed by atoms with E-state index in [1.807, 2.05) is 13.8 Å². The maximum absolute atomic E-state index is 13.9. The average Bonchev–Trinajstić information content (AvgIpc) is 2.81. The Hall–Kier alpha value is -1.33. The summed E-state index contributed by atoms with van der Waals surface area (Å²) in [5.41, 5.74) is 0.331. The van der Waals surface area contributed by atoms with Gasteiger partial charge in [0.25, 0.3) is 0 Å². The van der Waals surface area contributed by atoms with Gasteiger partial charge in [0.2, 0.25) is 0 Å². The molecule has 1 unspecified atom stereocenters. The number of rotatable bonds is 5. The first-order valence-corrected chi connectivity index (χ1v) is 7.04. The molecular formula is C14H16F2N2S. The van der Waals surface area contributed by atoms with Gasteiger partial charge in [0.1, 0.15) is 0 Å². The third kappa shape index (κ3) is 3.16. The second kappa shape index (κ2) is 6.21. The van der Waals surface area contributed by atoms with Crippen molar-refractivity contribution in [3.05, 3.63) is 51.5 Å². The molecule has 1 atom stereocenters. The van der Waals surface area contributed by atoms with Crippen molar-refractivity contribution in [2.24, 2.45) is 0 Å².